The van der Waals surface area contributed by atoms with Gasteiger partial charge in [0.2, 0.25) is 0 Å². The predicted octanol–water partition coefficient (Wildman–Crippen LogP) is 2.88. The zero-order valence-electron chi connectivity index (χ0n) is 10.2. The van der Waals surface area contributed by atoms with E-state index in [2.05, 4.69) is 4.98 Å². The molecule has 2 rings (SSSR count). The lowest BCUT2D eigenvalue weighted by atomic mass is 10.1. The standard InChI is InChI=1S/C12H9F5N2O/c1-19-4-10(12(15,16)17)18-11(19)7-3-8(13)6(5-20)2-9(7)14/h2-4,20H,5H2,1H3. The highest BCUT2D eigenvalue weighted by molar-refractivity contribution is 5.58. The van der Waals surface area contributed by atoms with E-state index in [4.69, 9.17) is 5.11 Å². The predicted molar refractivity (Wildman–Crippen MR) is 59.5 cm³/mol. The monoisotopic (exact) mass is 292 g/mol. The van der Waals surface area contributed by atoms with Crippen molar-refractivity contribution in [2.24, 2.45) is 7.05 Å². The Morgan fingerprint density at radius 1 is 1.20 bits per heavy atom. The number of imidazole rings is 1. The summed E-state index contributed by atoms with van der Waals surface area (Å²) in [5, 5.41) is 8.79. The minimum absolute atomic E-state index is 0.281. The SMILES string of the molecule is Cn1cc(C(F)(F)F)nc1-c1cc(F)c(CO)cc1F. The second-order valence-electron chi connectivity index (χ2n) is 4.14. The van der Waals surface area contributed by atoms with Crippen molar-refractivity contribution in [1.82, 2.24) is 9.55 Å². The van der Waals surface area contributed by atoms with Gasteiger partial charge in [-0.1, -0.05) is 0 Å². The lowest BCUT2D eigenvalue weighted by molar-refractivity contribution is -0.140. The summed E-state index contributed by atoms with van der Waals surface area (Å²) in [5.74, 6) is -2.23. The zero-order chi connectivity index (χ0) is 15.1. The van der Waals surface area contributed by atoms with Crippen molar-refractivity contribution >= 4 is 0 Å². The number of aliphatic hydroxyl groups excluding tert-OH is 1. The summed E-state index contributed by atoms with van der Waals surface area (Å²) >= 11 is 0. The molecule has 108 valence electrons. The van der Waals surface area contributed by atoms with E-state index in [1.807, 2.05) is 0 Å². The molecular formula is C12H9F5N2O. The van der Waals surface area contributed by atoms with Gasteiger partial charge in [0.1, 0.15) is 17.5 Å². The summed E-state index contributed by atoms with van der Waals surface area (Å²) in [6, 6.07) is 1.44. The van der Waals surface area contributed by atoms with Crippen LogP contribution < -0.4 is 0 Å². The van der Waals surface area contributed by atoms with E-state index in [1.54, 1.807) is 0 Å². The van der Waals surface area contributed by atoms with Crippen molar-refractivity contribution in [1.29, 1.82) is 0 Å². The van der Waals surface area contributed by atoms with Crippen LogP contribution >= 0.6 is 0 Å². The topological polar surface area (TPSA) is 38.0 Å². The Morgan fingerprint density at radius 3 is 2.35 bits per heavy atom. The number of nitrogens with zero attached hydrogens (tertiary/aromatic N) is 2. The Morgan fingerprint density at radius 2 is 1.85 bits per heavy atom. The average molecular weight is 292 g/mol. The number of hydrogen-bond donors (Lipinski definition) is 1. The normalized spacial score (nSPS) is 11.9. The molecule has 3 nitrogen and oxygen atoms in total. The third-order valence-electron chi connectivity index (χ3n) is 2.71. The van der Waals surface area contributed by atoms with Crippen LogP contribution in [0.3, 0.4) is 0 Å². The van der Waals surface area contributed by atoms with Crippen LogP contribution in [-0.2, 0) is 19.8 Å². The maximum Gasteiger partial charge on any atom is 0.434 e. The summed E-state index contributed by atoms with van der Waals surface area (Å²) in [6.07, 6.45) is -3.98. The molecule has 8 heteroatoms. The minimum Gasteiger partial charge on any atom is -0.392 e. The average Bonchev–Trinajstić information content (AvgIpc) is 2.73. The van der Waals surface area contributed by atoms with Crippen molar-refractivity contribution < 1.29 is 27.1 Å². The molecule has 0 saturated heterocycles. The van der Waals surface area contributed by atoms with Gasteiger partial charge in [-0.25, -0.2) is 13.8 Å². The first-order valence-electron chi connectivity index (χ1n) is 5.43. The smallest absolute Gasteiger partial charge is 0.392 e. The van der Waals surface area contributed by atoms with E-state index in [9.17, 15) is 22.0 Å². The van der Waals surface area contributed by atoms with Crippen molar-refractivity contribution in [3.63, 3.8) is 0 Å². The number of halogens is 5. The Hall–Kier alpha value is -1.96. The number of benzene rings is 1. The van der Waals surface area contributed by atoms with Crippen LogP contribution in [0.2, 0.25) is 0 Å². The summed E-state index contributed by atoms with van der Waals surface area (Å²) in [7, 11) is 1.24. The lowest BCUT2D eigenvalue weighted by Crippen LogP contribution is -2.05. The van der Waals surface area contributed by atoms with Gasteiger partial charge in [0, 0.05) is 18.8 Å². The maximum absolute atomic E-state index is 13.8. The fourth-order valence-electron chi connectivity index (χ4n) is 1.73. The van der Waals surface area contributed by atoms with Crippen LogP contribution in [0.5, 0.6) is 0 Å². The number of aliphatic hydroxyl groups is 1. The fraction of sp³-hybridized carbons (Fsp3) is 0.250. The molecule has 0 radical (unpaired) electrons. The van der Waals surface area contributed by atoms with Crippen LogP contribution in [-0.4, -0.2) is 14.7 Å². The highest BCUT2D eigenvalue weighted by Gasteiger charge is 2.35. The fourth-order valence-corrected chi connectivity index (χ4v) is 1.73. The van der Waals surface area contributed by atoms with E-state index in [-0.39, 0.29) is 11.4 Å². The number of hydrogen-bond acceptors (Lipinski definition) is 2. The molecule has 1 aromatic carbocycles. The van der Waals surface area contributed by atoms with Crippen LogP contribution in [0.15, 0.2) is 18.3 Å². The van der Waals surface area contributed by atoms with Crippen LogP contribution in [0.1, 0.15) is 11.3 Å². The van der Waals surface area contributed by atoms with Gasteiger partial charge in [0.15, 0.2) is 5.69 Å². The number of aromatic nitrogens is 2. The Bertz CT molecular complexity index is 648. The molecule has 1 N–H and O–H groups in total. The lowest BCUT2D eigenvalue weighted by Gasteiger charge is -2.06. The van der Waals surface area contributed by atoms with E-state index in [1.165, 1.54) is 7.05 Å². The van der Waals surface area contributed by atoms with E-state index in [0.717, 1.165) is 10.6 Å². The number of aryl methyl sites for hydroxylation is 1. The molecule has 0 amide bonds. The van der Waals surface area contributed by atoms with Crippen LogP contribution in [0, 0.1) is 11.6 Å². The molecular weight excluding hydrogens is 283 g/mol. The molecule has 0 bridgehead atoms. The first kappa shape index (κ1) is 14.4. The molecule has 0 fully saturated rings. The molecule has 20 heavy (non-hydrogen) atoms. The highest BCUT2D eigenvalue weighted by Crippen LogP contribution is 2.32. The largest absolute Gasteiger partial charge is 0.434 e. The Balaban J connectivity index is 2.58. The molecule has 0 aliphatic carbocycles. The van der Waals surface area contributed by atoms with Crippen molar-refractivity contribution in [3.05, 3.63) is 41.2 Å². The first-order chi connectivity index (χ1) is 9.24. The zero-order valence-corrected chi connectivity index (χ0v) is 10.2. The van der Waals surface area contributed by atoms with Gasteiger partial charge < -0.3 is 9.67 Å². The summed E-state index contributed by atoms with van der Waals surface area (Å²) in [5.41, 5.74) is -1.88. The molecule has 1 heterocycles. The molecule has 0 aliphatic rings. The van der Waals surface area contributed by atoms with Crippen molar-refractivity contribution in [3.8, 4) is 11.4 Å². The quantitative estimate of drug-likeness (QED) is 0.864. The third-order valence-corrected chi connectivity index (χ3v) is 2.71. The molecule has 0 spiro atoms. The number of rotatable bonds is 2. The summed E-state index contributed by atoms with van der Waals surface area (Å²) in [6.45, 7) is -0.711. The van der Waals surface area contributed by atoms with Gasteiger partial charge >= 0.3 is 6.18 Å². The molecule has 0 saturated carbocycles. The van der Waals surface area contributed by atoms with Gasteiger partial charge in [0.25, 0.3) is 0 Å². The molecule has 1 aromatic heterocycles. The first-order valence-corrected chi connectivity index (χ1v) is 5.43. The Labute approximate surface area is 110 Å². The van der Waals surface area contributed by atoms with Gasteiger partial charge in [-0.2, -0.15) is 13.2 Å². The highest BCUT2D eigenvalue weighted by atomic mass is 19.4. The molecule has 0 unspecified atom stereocenters. The van der Waals surface area contributed by atoms with E-state index >= 15 is 0 Å². The summed E-state index contributed by atoms with van der Waals surface area (Å²) < 4.78 is 65.8. The second kappa shape index (κ2) is 4.86. The summed E-state index contributed by atoms with van der Waals surface area (Å²) in [4.78, 5) is 3.28. The van der Waals surface area contributed by atoms with Gasteiger partial charge in [-0.3, -0.25) is 0 Å². The van der Waals surface area contributed by atoms with Gasteiger partial charge in [0.05, 0.1) is 12.2 Å². The van der Waals surface area contributed by atoms with Crippen molar-refractivity contribution in [2.45, 2.75) is 12.8 Å². The molecule has 2 aromatic rings. The van der Waals surface area contributed by atoms with E-state index < -0.39 is 35.7 Å². The number of alkyl halides is 3. The second-order valence-corrected chi connectivity index (χ2v) is 4.14. The van der Waals surface area contributed by atoms with Crippen LogP contribution in [0.4, 0.5) is 22.0 Å². The maximum atomic E-state index is 13.8. The van der Waals surface area contributed by atoms with Crippen molar-refractivity contribution in [2.75, 3.05) is 0 Å². The molecule has 0 atom stereocenters. The van der Waals surface area contributed by atoms with Gasteiger partial charge in [-0.05, 0) is 12.1 Å². The van der Waals surface area contributed by atoms with E-state index in [0.29, 0.717) is 12.3 Å². The minimum atomic E-state index is -4.67. The van der Waals surface area contributed by atoms with Gasteiger partial charge in [-0.15, -0.1) is 0 Å². The third kappa shape index (κ3) is 2.51. The Kier molecular flexibility index (Phi) is 3.51. The van der Waals surface area contributed by atoms with Crippen LogP contribution in [0.25, 0.3) is 11.4 Å². The molecule has 0 aliphatic heterocycles.